The van der Waals surface area contributed by atoms with Gasteiger partial charge >= 0.3 is 0 Å². The van der Waals surface area contributed by atoms with E-state index >= 15 is 0 Å². The molecular weight excluding hydrogens is 168 g/mol. The first-order valence-electron chi connectivity index (χ1n) is 4.04. The first-order valence-corrected chi connectivity index (χ1v) is 4.92. The Balaban J connectivity index is 2.35. The molecule has 0 aromatic heterocycles. The van der Waals surface area contributed by atoms with Crippen molar-refractivity contribution in [3.05, 3.63) is 18.2 Å². The molecule has 1 aromatic carbocycles. The van der Waals surface area contributed by atoms with Crippen LogP contribution in [0.1, 0.15) is 6.92 Å². The molecule has 1 unspecified atom stereocenters. The van der Waals surface area contributed by atoms with E-state index in [0.29, 0.717) is 5.37 Å². The van der Waals surface area contributed by atoms with Crippen LogP contribution in [0.5, 0.6) is 0 Å². The van der Waals surface area contributed by atoms with E-state index in [1.165, 1.54) is 16.3 Å². The van der Waals surface area contributed by atoms with Gasteiger partial charge in [-0.05, 0) is 25.1 Å². The minimum absolute atomic E-state index is 0.507. The molecule has 0 bridgehead atoms. The second kappa shape index (κ2) is 2.90. The predicted molar refractivity (Wildman–Crippen MR) is 54.9 cm³/mol. The van der Waals surface area contributed by atoms with Crippen LogP contribution in [0.2, 0.25) is 0 Å². The topological polar surface area (TPSA) is 24.1 Å². The fraction of sp³-hybridized carbons (Fsp3) is 0.333. The Morgan fingerprint density at radius 2 is 2.33 bits per heavy atom. The SMILES string of the molecule is CNc1ccc2c(c1)SC(C)N2. The maximum atomic E-state index is 3.38. The Morgan fingerprint density at radius 1 is 1.50 bits per heavy atom. The van der Waals surface area contributed by atoms with E-state index in [4.69, 9.17) is 0 Å². The van der Waals surface area contributed by atoms with Gasteiger partial charge in [-0.3, -0.25) is 0 Å². The van der Waals surface area contributed by atoms with Crippen LogP contribution in [0.15, 0.2) is 23.1 Å². The largest absolute Gasteiger partial charge is 0.388 e. The molecule has 0 aliphatic carbocycles. The van der Waals surface area contributed by atoms with E-state index < -0.39 is 0 Å². The summed E-state index contributed by atoms with van der Waals surface area (Å²) in [5.74, 6) is 0. The Morgan fingerprint density at radius 3 is 3.08 bits per heavy atom. The molecule has 1 heterocycles. The second-order valence-electron chi connectivity index (χ2n) is 2.87. The summed E-state index contributed by atoms with van der Waals surface area (Å²) >= 11 is 1.87. The molecule has 64 valence electrons. The van der Waals surface area contributed by atoms with E-state index in [1.54, 1.807) is 0 Å². The number of anilines is 2. The molecule has 0 saturated carbocycles. The van der Waals surface area contributed by atoms with Crippen molar-refractivity contribution in [3.63, 3.8) is 0 Å². The van der Waals surface area contributed by atoms with Crippen molar-refractivity contribution >= 4 is 23.1 Å². The maximum absolute atomic E-state index is 3.38. The highest BCUT2D eigenvalue weighted by atomic mass is 32.2. The number of hydrogen-bond acceptors (Lipinski definition) is 3. The third-order valence-corrected chi connectivity index (χ3v) is 3.00. The van der Waals surface area contributed by atoms with Gasteiger partial charge in [0, 0.05) is 23.3 Å². The highest BCUT2D eigenvalue weighted by Crippen LogP contribution is 2.39. The molecular formula is C9H12N2S. The van der Waals surface area contributed by atoms with E-state index in [2.05, 4.69) is 35.8 Å². The lowest BCUT2D eigenvalue weighted by molar-refractivity contribution is 1.15. The zero-order valence-electron chi connectivity index (χ0n) is 7.22. The summed E-state index contributed by atoms with van der Waals surface area (Å²) in [7, 11) is 1.94. The summed E-state index contributed by atoms with van der Waals surface area (Å²) in [4.78, 5) is 1.34. The first-order chi connectivity index (χ1) is 5.79. The highest BCUT2D eigenvalue weighted by molar-refractivity contribution is 8.00. The van der Waals surface area contributed by atoms with Crippen LogP contribution in [0.25, 0.3) is 0 Å². The van der Waals surface area contributed by atoms with Crippen molar-refractivity contribution in [2.75, 3.05) is 17.7 Å². The number of fused-ring (bicyclic) bond motifs is 1. The lowest BCUT2D eigenvalue weighted by Gasteiger charge is -2.02. The van der Waals surface area contributed by atoms with E-state index in [-0.39, 0.29) is 0 Å². The molecule has 2 nitrogen and oxygen atoms in total. The van der Waals surface area contributed by atoms with Crippen LogP contribution in [-0.2, 0) is 0 Å². The van der Waals surface area contributed by atoms with Gasteiger partial charge in [-0.2, -0.15) is 0 Å². The Bertz CT molecular complexity index is 299. The smallest absolute Gasteiger partial charge is 0.0741 e. The molecule has 2 rings (SSSR count). The van der Waals surface area contributed by atoms with Gasteiger partial charge in [0.1, 0.15) is 0 Å². The third kappa shape index (κ3) is 1.25. The van der Waals surface area contributed by atoms with Crippen molar-refractivity contribution in [3.8, 4) is 0 Å². The molecule has 3 heteroatoms. The van der Waals surface area contributed by atoms with Gasteiger partial charge in [-0.15, -0.1) is 0 Å². The highest BCUT2D eigenvalue weighted by Gasteiger charge is 2.16. The molecule has 12 heavy (non-hydrogen) atoms. The molecule has 1 aromatic rings. The quantitative estimate of drug-likeness (QED) is 0.694. The fourth-order valence-corrected chi connectivity index (χ4v) is 2.35. The molecule has 0 fully saturated rings. The summed E-state index contributed by atoms with van der Waals surface area (Å²) in [6, 6.07) is 6.39. The van der Waals surface area contributed by atoms with Crippen LogP contribution in [0.4, 0.5) is 11.4 Å². The summed E-state index contributed by atoms with van der Waals surface area (Å²) in [5, 5.41) is 7.02. The molecule has 0 saturated heterocycles. The standard InChI is InChI=1S/C9H12N2S/c1-6-11-8-4-3-7(10-2)5-9(8)12-6/h3-6,10-11H,1-2H3. The average molecular weight is 180 g/mol. The monoisotopic (exact) mass is 180 g/mol. The number of thioether (sulfide) groups is 1. The number of hydrogen-bond donors (Lipinski definition) is 2. The summed E-state index contributed by atoms with van der Waals surface area (Å²) in [6.07, 6.45) is 0. The van der Waals surface area contributed by atoms with Crippen molar-refractivity contribution in [2.45, 2.75) is 17.2 Å². The van der Waals surface area contributed by atoms with Crippen molar-refractivity contribution in [1.82, 2.24) is 0 Å². The van der Waals surface area contributed by atoms with Gasteiger partial charge in [0.2, 0.25) is 0 Å². The zero-order valence-corrected chi connectivity index (χ0v) is 8.03. The second-order valence-corrected chi connectivity index (χ2v) is 4.25. The first kappa shape index (κ1) is 7.80. The summed E-state index contributed by atoms with van der Waals surface area (Å²) in [5.41, 5.74) is 2.43. The normalized spacial score (nSPS) is 20.0. The van der Waals surface area contributed by atoms with Gasteiger partial charge in [-0.1, -0.05) is 11.8 Å². The third-order valence-electron chi connectivity index (χ3n) is 1.93. The van der Waals surface area contributed by atoms with E-state index in [0.717, 1.165) is 0 Å². The van der Waals surface area contributed by atoms with Crippen molar-refractivity contribution < 1.29 is 0 Å². The fourth-order valence-electron chi connectivity index (χ4n) is 1.33. The van der Waals surface area contributed by atoms with Gasteiger partial charge in [0.25, 0.3) is 0 Å². The van der Waals surface area contributed by atoms with Gasteiger partial charge in [-0.25, -0.2) is 0 Å². The van der Waals surface area contributed by atoms with Crippen LogP contribution < -0.4 is 10.6 Å². The number of benzene rings is 1. The van der Waals surface area contributed by atoms with Crippen molar-refractivity contribution in [2.24, 2.45) is 0 Å². The minimum atomic E-state index is 0.507. The molecule has 1 aliphatic heterocycles. The number of nitrogens with one attached hydrogen (secondary N) is 2. The van der Waals surface area contributed by atoms with Crippen LogP contribution >= 0.6 is 11.8 Å². The predicted octanol–water partition coefficient (Wildman–Crippen LogP) is 2.59. The molecule has 2 N–H and O–H groups in total. The molecule has 1 atom stereocenters. The van der Waals surface area contributed by atoms with Gasteiger partial charge < -0.3 is 10.6 Å². The summed E-state index contributed by atoms with van der Waals surface area (Å²) < 4.78 is 0. The van der Waals surface area contributed by atoms with E-state index in [1.807, 2.05) is 18.8 Å². The average Bonchev–Trinajstić information content (AvgIpc) is 2.43. The molecule has 0 amide bonds. The lowest BCUT2D eigenvalue weighted by Crippen LogP contribution is -2.02. The van der Waals surface area contributed by atoms with E-state index in [9.17, 15) is 0 Å². The maximum Gasteiger partial charge on any atom is 0.0741 e. The van der Waals surface area contributed by atoms with Crippen LogP contribution in [0, 0.1) is 0 Å². The van der Waals surface area contributed by atoms with Gasteiger partial charge in [0.15, 0.2) is 0 Å². The Hall–Kier alpha value is -0.830. The lowest BCUT2D eigenvalue weighted by atomic mass is 10.3. The van der Waals surface area contributed by atoms with Crippen LogP contribution in [0.3, 0.4) is 0 Å². The van der Waals surface area contributed by atoms with Crippen LogP contribution in [-0.4, -0.2) is 12.4 Å². The molecule has 0 spiro atoms. The molecule has 0 radical (unpaired) electrons. The minimum Gasteiger partial charge on any atom is -0.388 e. The number of rotatable bonds is 1. The molecule has 1 aliphatic rings. The zero-order chi connectivity index (χ0) is 8.55. The Labute approximate surface area is 76.7 Å². The van der Waals surface area contributed by atoms with Gasteiger partial charge in [0.05, 0.1) is 5.37 Å². The summed E-state index contributed by atoms with van der Waals surface area (Å²) in [6.45, 7) is 2.17. The Kier molecular flexibility index (Phi) is 1.89. The van der Waals surface area contributed by atoms with Crippen molar-refractivity contribution in [1.29, 1.82) is 0 Å².